The molecule has 120 valence electrons. The van der Waals surface area contributed by atoms with Crippen LogP contribution in [0, 0.1) is 0 Å². The lowest BCUT2D eigenvalue weighted by Crippen LogP contribution is -2.61. The molecule has 1 heterocycles. The van der Waals surface area contributed by atoms with Crippen molar-refractivity contribution < 1.29 is 10.2 Å². The molecular weight excluding hydrogens is 252 g/mol. The molecule has 0 amide bonds. The Morgan fingerprint density at radius 1 is 1.05 bits per heavy atom. The van der Waals surface area contributed by atoms with Crippen molar-refractivity contribution in [2.45, 2.75) is 77.7 Å². The highest BCUT2D eigenvalue weighted by atomic mass is 16.3. The van der Waals surface area contributed by atoms with E-state index in [9.17, 15) is 10.2 Å². The molecule has 0 bridgehead atoms. The molecule has 3 atom stereocenters. The molecule has 1 rings (SSSR count). The third-order valence-corrected chi connectivity index (χ3v) is 4.37. The maximum absolute atomic E-state index is 10.1. The topological polar surface area (TPSA) is 46.9 Å². The van der Waals surface area contributed by atoms with Crippen molar-refractivity contribution in [1.82, 2.24) is 9.80 Å². The molecule has 2 N–H and O–H groups in total. The van der Waals surface area contributed by atoms with Crippen LogP contribution in [-0.2, 0) is 0 Å². The summed E-state index contributed by atoms with van der Waals surface area (Å²) < 4.78 is 0. The molecule has 0 aromatic carbocycles. The predicted octanol–water partition coefficient (Wildman–Crippen LogP) is 1.70. The van der Waals surface area contributed by atoms with Crippen LogP contribution in [0.1, 0.15) is 53.9 Å². The van der Waals surface area contributed by atoms with Crippen molar-refractivity contribution in [3.8, 4) is 0 Å². The molecule has 20 heavy (non-hydrogen) atoms. The van der Waals surface area contributed by atoms with Gasteiger partial charge in [-0.3, -0.25) is 9.80 Å². The summed E-state index contributed by atoms with van der Waals surface area (Å²) in [7, 11) is 0. The van der Waals surface area contributed by atoms with E-state index in [-0.39, 0.29) is 6.10 Å². The Kier molecular flexibility index (Phi) is 6.92. The number of aliphatic hydroxyl groups is 2. The van der Waals surface area contributed by atoms with E-state index >= 15 is 0 Å². The van der Waals surface area contributed by atoms with Crippen LogP contribution in [0.3, 0.4) is 0 Å². The van der Waals surface area contributed by atoms with Crippen molar-refractivity contribution in [3.05, 3.63) is 0 Å². The van der Waals surface area contributed by atoms with Crippen molar-refractivity contribution in [2.24, 2.45) is 0 Å². The first-order valence-corrected chi connectivity index (χ1v) is 8.19. The lowest BCUT2D eigenvalue weighted by Gasteiger charge is -2.48. The van der Waals surface area contributed by atoms with Gasteiger partial charge in [-0.05, 0) is 33.1 Å². The zero-order valence-corrected chi connectivity index (χ0v) is 14.0. The first-order valence-electron chi connectivity index (χ1n) is 8.19. The summed E-state index contributed by atoms with van der Waals surface area (Å²) in [6.07, 6.45) is 2.78. The number of nitrogens with zero attached hydrogens (tertiary/aromatic N) is 2. The minimum atomic E-state index is -0.642. The second kappa shape index (κ2) is 7.74. The van der Waals surface area contributed by atoms with Gasteiger partial charge >= 0.3 is 0 Å². The Morgan fingerprint density at radius 3 is 2.00 bits per heavy atom. The molecular formula is C16H34N2O2. The summed E-state index contributed by atoms with van der Waals surface area (Å²) in [6.45, 7) is 13.7. The molecule has 1 aliphatic heterocycles. The van der Waals surface area contributed by atoms with E-state index in [4.69, 9.17) is 0 Å². The van der Waals surface area contributed by atoms with Gasteiger partial charge in [-0.25, -0.2) is 0 Å². The number of hydrogen-bond donors (Lipinski definition) is 2. The zero-order chi connectivity index (χ0) is 15.3. The average Bonchev–Trinajstić information content (AvgIpc) is 2.37. The Bertz CT molecular complexity index is 278. The third kappa shape index (κ3) is 5.32. The Balaban J connectivity index is 2.71. The quantitative estimate of drug-likeness (QED) is 0.748. The molecule has 4 nitrogen and oxygen atoms in total. The summed E-state index contributed by atoms with van der Waals surface area (Å²) in [5, 5.41) is 20.0. The van der Waals surface area contributed by atoms with Gasteiger partial charge in [0.1, 0.15) is 0 Å². The van der Waals surface area contributed by atoms with E-state index in [2.05, 4.69) is 23.6 Å². The highest BCUT2D eigenvalue weighted by molar-refractivity contribution is 4.90. The van der Waals surface area contributed by atoms with Gasteiger partial charge in [0, 0.05) is 38.3 Å². The fourth-order valence-electron chi connectivity index (χ4n) is 3.16. The molecule has 0 aliphatic carbocycles. The van der Waals surface area contributed by atoms with Gasteiger partial charge in [-0.1, -0.05) is 20.8 Å². The summed E-state index contributed by atoms with van der Waals surface area (Å²) in [5.41, 5.74) is -0.642. The zero-order valence-electron chi connectivity index (χ0n) is 14.0. The normalized spacial score (nSPS) is 27.8. The number of β-amino-alcohol motifs (C(OH)–C–C–N with tert-alkyl or cyclic N) is 2. The lowest BCUT2D eigenvalue weighted by atomic mass is 9.99. The second-order valence-electron chi connectivity index (χ2n) is 6.88. The third-order valence-electron chi connectivity index (χ3n) is 4.37. The lowest BCUT2D eigenvalue weighted by molar-refractivity contribution is -0.0405. The smallest absolute Gasteiger partial charge is 0.0718 e. The van der Waals surface area contributed by atoms with E-state index in [1.165, 1.54) is 0 Å². The summed E-state index contributed by atoms with van der Waals surface area (Å²) in [4.78, 5) is 4.88. The molecule has 1 fully saturated rings. The van der Waals surface area contributed by atoms with Crippen molar-refractivity contribution >= 4 is 0 Å². The Hall–Kier alpha value is -0.160. The fourth-order valence-corrected chi connectivity index (χ4v) is 3.16. The van der Waals surface area contributed by atoms with E-state index < -0.39 is 5.60 Å². The van der Waals surface area contributed by atoms with Crippen molar-refractivity contribution in [1.29, 1.82) is 0 Å². The second-order valence-corrected chi connectivity index (χ2v) is 6.88. The summed E-state index contributed by atoms with van der Waals surface area (Å²) in [5.74, 6) is 0. The van der Waals surface area contributed by atoms with E-state index in [1.54, 1.807) is 0 Å². The Morgan fingerprint density at radius 2 is 1.55 bits per heavy atom. The maximum atomic E-state index is 10.1. The van der Waals surface area contributed by atoms with Crippen LogP contribution in [-0.4, -0.2) is 70.0 Å². The monoisotopic (exact) mass is 286 g/mol. The maximum Gasteiger partial charge on any atom is 0.0718 e. The highest BCUT2D eigenvalue weighted by Crippen LogP contribution is 2.22. The first kappa shape index (κ1) is 17.9. The minimum Gasteiger partial charge on any atom is -0.392 e. The molecule has 1 aliphatic rings. The van der Waals surface area contributed by atoms with Crippen molar-refractivity contribution in [2.75, 3.05) is 26.2 Å². The molecule has 0 aromatic heterocycles. The number of aliphatic hydroxyl groups excluding tert-OH is 1. The van der Waals surface area contributed by atoms with Crippen LogP contribution in [0.4, 0.5) is 0 Å². The molecule has 4 heteroatoms. The predicted molar refractivity (Wildman–Crippen MR) is 83.9 cm³/mol. The van der Waals surface area contributed by atoms with Gasteiger partial charge in [0.25, 0.3) is 0 Å². The van der Waals surface area contributed by atoms with E-state index in [1.807, 2.05) is 20.8 Å². The van der Waals surface area contributed by atoms with Crippen LogP contribution in [0.25, 0.3) is 0 Å². The molecule has 0 unspecified atom stereocenters. The summed E-state index contributed by atoms with van der Waals surface area (Å²) in [6, 6.07) is 0.967. The van der Waals surface area contributed by atoms with Crippen LogP contribution < -0.4 is 0 Å². The van der Waals surface area contributed by atoms with Gasteiger partial charge in [0.05, 0.1) is 11.7 Å². The SMILES string of the molecule is CC[C@H](O)CN1C[C@H](CC)N(CC(C)(C)O)C[C@H]1CC. The summed E-state index contributed by atoms with van der Waals surface area (Å²) >= 11 is 0. The van der Waals surface area contributed by atoms with Gasteiger partial charge in [0.15, 0.2) is 0 Å². The standard InChI is InChI=1S/C16H34N2O2/c1-6-13-10-18(12-16(4,5)20)14(7-2)9-17(13)11-15(19)8-3/h13-15,19-20H,6-12H2,1-5H3/t13-,14+,15+/m1/s1. The first-order chi connectivity index (χ1) is 9.30. The number of rotatable bonds is 7. The van der Waals surface area contributed by atoms with Crippen LogP contribution in [0.5, 0.6) is 0 Å². The largest absolute Gasteiger partial charge is 0.392 e. The fraction of sp³-hybridized carbons (Fsp3) is 1.00. The molecule has 0 saturated carbocycles. The van der Waals surface area contributed by atoms with E-state index in [0.29, 0.717) is 12.1 Å². The molecule has 1 saturated heterocycles. The minimum absolute atomic E-state index is 0.220. The molecule has 0 radical (unpaired) electrons. The molecule has 0 aromatic rings. The number of piperazine rings is 1. The number of hydrogen-bond acceptors (Lipinski definition) is 4. The van der Waals surface area contributed by atoms with Crippen LogP contribution in [0.15, 0.2) is 0 Å². The van der Waals surface area contributed by atoms with Gasteiger partial charge in [0.2, 0.25) is 0 Å². The van der Waals surface area contributed by atoms with Gasteiger partial charge in [-0.2, -0.15) is 0 Å². The highest BCUT2D eigenvalue weighted by Gasteiger charge is 2.34. The van der Waals surface area contributed by atoms with Gasteiger partial charge < -0.3 is 10.2 Å². The Labute approximate surface area is 124 Å². The van der Waals surface area contributed by atoms with Gasteiger partial charge in [-0.15, -0.1) is 0 Å². The average molecular weight is 286 g/mol. The van der Waals surface area contributed by atoms with E-state index in [0.717, 1.165) is 45.4 Å². The van der Waals surface area contributed by atoms with Crippen molar-refractivity contribution in [3.63, 3.8) is 0 Å². The van der Waals surface area contributed by atoms with Crippen LogP contribution >= 0.6 is 0 Å². The molecule has 0 spiro atoms. The van der Waals surface area contributed by atoms with Crippen LogP contribution in [0.2, 0.25) is 0 Å².